The number of carbonyl (C=O) groups is 2. The van der Waals surface area contributed by atoms with Crippen molar-refractivity contribution in [3.8, 4) is 16.9 Å². The summed E-state index contributed by atoms with van der Waals surface area (Å²) >= 11 is 0.756. The van der Waals surface area contributed by atoms with Crippen LogP contribution in [0.15, 0.2) is 54.9 Å². The molecule has 2 aromatic carbocycles. The van der Waals surface area contributed by atoms with Gasteiger partial charge in [-0.15, -0.1) is 11.3 Å². The molecule has 0 spiro atoms. The third-order valence-electron chi connectivity index (χ3n) is 6.40. The molecule has 8 nitrogen and oxygen atoms in total. The number of thiophene rings is 1. The summed E-state index contributed by atoms with van der Waals surface area (Å²) in [6, 6.07) is 12.8. The number of H-pyrrole nitrogens is 2. The molecule has 0 aliphatic rings. The van der Waals surface area contributed by atoms with Gasteiger partial charge in [0.25, 0.3) is 0 Å². The number of fused-ring (bicyclic) bond motifs is 2. The smallest absolute Gasteiger partial charge is 0.346 e. The average molecular weight is 505 g/mol. The number of rotatable bonds is 9. The molecule has 3 aromatic heterocycles. The average Bonchev–Trinajstić information content (AvgIpc) is 3.57. The van der Waals surface area contributed by atoms with Crippen LogP contribution in [0.3, 0.4) is 0 Å². The number of aliphatic hydroxyl groups is 2. The van der Waals surface area contributed by atoms with Gasteiger partial charge >= 0.3 is 5.97 Å². The molecule has 0 aliphatic carbocycles. The number of aliphatic hydroxyl groups excluding tert-OH is 2. The number of aromatic carboxylic acids is 1. The molecular weight excluding hydrogens is 480 g/mol. The Morgan fingerprint density at radius 3 is 2.50 bits per heavy atom. The Bertz CT molecular complexity index is 1590. The van der Waals surface area contributed by atoms with E-state index in [-0.39, 0.29) is 27.7 Å². The molecule has 0 aliphatic heterocycles. The van der Waals surface area contributed by atoms with Crippen LogP contribution in [0.2, 0.25) is 0 Å². The Balaban J connectivity index is 1.56. The first kappa shape index (κ1) is 23.8. The summed E-state index contributed by atoms with van der Waals surface area (Å²) in [6.45, 7) is -0.0876. The van der Waals surface area contributed by atoms with Gasteiger partial charge in [0.1, 0.15) is 15.5 Å². The zero-order valence-electron chi connectivity index (χ0n) is 19.1. The van der Waals surface area contributed by atoms with Gasteiger partial charge in [-0.3, -0.25) is 4.79 Å². The van der Waals surface area contributed by atoms with E-state index < -0.39 is 17.9 Å². The van der Waals surface area contributed by atoms with Crippen molar-refractivity contribution >= 4 is 44.9 Å². The molecule has 0 saturated carbocycles. The molecule has 5 rings (SSSR count). The lowest BCUT2D eigenvalue weighted by Crippen LogP contribution is -2.10. The highest BCUT2D eigenvalue weighted by molar-refractivity contribution is 7.17. The van der Waals surface area contributed by atoms with E-state index in [2.05, 4.69) is 9.97 Å². The number of hydrogen-bond acceptors (Lipinski definition) is 6. The zero-order valence-corrected chi connectivity index (χ0v) is 19.9. The molecule has 0 saturated heterocycles. The highest BCUT2D eigenvalue weighted by atomic mass is 32.1. The molecule has 0 amide bonds. The molecule has 1 atom stereocenters. The number of aromatic hydroxyl groups is 1. The largest absolute Gasteiger partial charge is 0.506 e. The van der Waals surface area contributed by atoms with Crippen molar-refractivity contribution < 1.29 is 30.0 Å². The summed E-state index contributed by atoms with van der Waals surface area (Å²) in [5.41, 5.74) is 3.38. The van der Waals surface area contributed by atoms with Gasteiger partial charge in [0.15, 0.2) is 0 Å². The predicted molar refractivity (Wildman–Crippen MR) is 138 cm³/mol. The van der Waals surface area contributed by atoms with E-state index in [1.54, 1.807) is 18.5 Å². The standard InChI is InChI=1S/C27H24N2O6S/c30-11-10-15(31)9-8-14-4-3-6-17-19(13-29-22(14)17)23(32)26-24(33)21(25(36-26)27(34)35)18-12-28-20-7-2-1-5-16(18)20/h1-7,12-13,15,28-31,33H,8-11H2,(H,34,35). The van der Waals surface area contributed by atoms with Crippen molar-refractivity contribution in [3.63, 3.8) is 0 Å². The quantitative estimate of drug-likeness (QED) is 0.161. The summed E-state index contributed by atoms with van der Waals surface area (Å²) in [6.07, 6.45) is 3.88. The van der Waals surface area contributed by atoms with E-state index >= 15 is 0 Å². The molecule has 9 heteroatoms. The minimum Gasteiger partial charge on any atom is -0.506 e. The lowest BCUT2D eigenvalue weighted by Gasteiger charge is -2.09. The van der Waals surface area contributed by atoms with Crippen LogP contribution in [-0.2, 0) is 6.42 Å². The second kappa shape index (κ2) is 9.62. The van der Waals surface area contributed by atoms with Gasteiger partial charge in [-0.1, -0.05) is 36.4 Å². The Hall–Kier alpha value is -3.92. The maximum absolute atomic E-state index is 13.6. The summed E-state index contributed by atoms with van der Waals surface area (Å²) in [5.74, 6) is -2.06. The molecule has 36 heavy (non-hydrogen) atoms. The highest BCUT2D eigenvalue weighted by Crippen LogP contribution is 2.45. The highest BCUT2D eigenvalue weighted by Gasteiger charge is 2.30. The van der Waals surface area contributed by atoms with Crippen LogP contribution >= 0.6 is 11.3 Å². The lowest BCUT2D eigenvalue weighted by molar-refractivity contribution is 0.0702. The number of para-hydroxylation sites is 2. The summed E-state index contributed by atoms with van der Waals surface area (Å²) in [4.78, 5) is 31.7. The zero-order chi connectivity index (χ0) is 25.4. The van der Waals surface area contributed by atoms with E-state index in [9.17, 15) is 24.9 Å². The first-order chi connectivity index (χ1) is 17.4. The van der Waals surface area contributed by atoms with Crippen LogP contribution in [0.4, 0.5) is 0 Å². The fourth-order valence-electron chi connectivity index (χ4n) is 4.61. The minimum atomic E-state index is -1.22. The monoisotopic (exact) mass is 504 g/mol. The van der Waals surface area contributed by atoms with Crippen molar-refractivity contribution in [2.24, 2.45) is 0 Å². The summed E-state index contributed by atoms with van der Waals surface area (Å²) in [7, 11) is 0. The van der Waals surface area contributed by atoms with E-state index in [0.717, 1.165) is 33.3 Å². The SMILES string of the molecule is O=C(O)c1sc(C(=O)c2c[nH]c3c(CCC(O)CCO)cccc23)c(O)c1-c1c[nH]c2ccccc12. The van der Waals surface area contributed by atoms with Gasteiger partial charge in [-0.25, -0.2) is 4.79 Å². The van der Waals surface area contributed by atoms with Crippen molar-refractivity contribution in [1.82, 2.24) is 9.97 Å². The van der Waals surface area contributed by atoms with Crippen molar-refractivity contribution in [2.45, 2.75) is 25.4 Å². The van der Waals surface area contributed by atoms with Crippen molar-refractivity contribution in [3.05, 3.63) is 75.7 Å². The fourth-order valence-corrected chi connectivity index (χ4v) is 5.61. The second-order valence-corrected chi connectivity index (χ2v) is 9.63. The number of nitrogens with one attached hydrogen (secondary N) is 2. The number of hydrogen-bond donors (Lipinski definition) is 6. The minimum absolute atomic E-state index is 0.0441. The van der Waals surface area contributed by atoms with Gasteiger partial charge in [-0.2, -0.15) is 0 Å². The molecule has 184 valence electrons. The van der Waals surface area contributed by atoms with Crippen molar-refractivity contribution in [2.75, 3.05) is 6.61 Å². The molecule has 3 heterocycles. The van der Waals surface area contributed by atoms with Crippen LogP contribution in [0.5, 0.6) is 5.75 Å². The Morgan fingerprint density at radius 1 is 0.944 bits per heavy atom. The number of aromatic nitrogens is 2. The molecule has 5 aromatic rings. The van der Waals surface area contributed by atoms with E-state index in [1.165, 1.54) is 0 Å². The van der Waals surface area contributed by atoms with E-state index in [1.807, 2.05) is 36.4 Å². The molecule has 6 N–H and O–H groups in total. The van der Waals surface area contributed by atoms with Crippen molar-refractivity contribution in [1.29, 1.82) is 0 Å². The van der Waals surface area contributed by atoms with Gasteiger partial charge in [-0.05, 0) is 30.9 Å². The van der Waals surface area contributed by atoms with Crippen LogP contribution in [0.1, 0.15) is 43.3 Å². The Morgan fingerprint density at radius 2 is 1.72 bits per heavy atom. The second-order valence-electron chi connectivity index (χ2n) is 8.61. The molecule has 0 bridgehead atoms. The number of aromatic amines is 2. The first-order valence-corrected chi connectivity index (χ1v) is 12.3. The molecular formula is C27H24N2O6S. The number of ketones is 1. The fraction of sp³-hybridized carbons (Fsp3) is 0.185. The lowest BCUT2D eigenvalue weighted by atomic mass is 9.99. The number of carboxylic acids is 1. The summed E-state index contributed by atoms with van der Waals surface area (Å²) in [5, 5.41) is 41.4. The van der Waals surface area contributed by atoms with E-state index in [4.69, 9.17) is 5.11 Å². The normalized spacial score (nSPS) is 12.4. The van der Waals surface area contributed by atoms with Crippen LogP contribution in [-0.4, -0.2) is 54.9 Å². The van der Waals surface area contributed by atoms with Crippen LogP contribution in [0.25, 0.3) is 32.9 Å². The predicted octanol–water partition coefficient (Wildman–Crippen LogP) is 4.69. The maximum atomic E-state index is 13.6. The number of carbonyl (C=O) groups excluding carboxylic acids is 1. The first-order valence-electron chi connectivity index (χ1n) is 11.5. The maximum Gasteiger partial charge on any atom is 0.346 e. The van der Waals surface area contributed by atoms with Gasteiger partial charge < -0.3 is 30.4 Å². The number of aryl methyl sites for hydroxylation is 1. The van der Waals surface area contributed by atoms with E-state index in [0.29, 0.717) is 35.8 Å². The van der Waals surface area contributed by atoms with Gasteiger partial charge in [0.2, 0.25) is 5.78 Å². The van der Waals surface area contributed by atoms with Crippen LogP contribution in [0, 0.1) is 0 Å². The molecule has 0 fully saturated rings. The van der Waals surface area contributed by atoms with Gasteiger partial charge in [0, 0.05) is 51.9 Å². The molecule has 1 unspecified atom stereocenters. The number of carboxylic acid groups (broad SMARTS) is 1. The third-order valence-corrected chi connectivity index (χ3v) is 7.56. The van der Waals surface area contributed by atoms with Crippen LogP contribution < -0.4 is 0 Å². The summed E-state index contributed by atoms with van der Waals surface area (Å²) < 4.78 is 0. The number of benzene rings is 2. The topological polar surface area (TPSA) is 147 Å². The Labute approximate surface area is 209 Å². The van der Waals surface area contributed by atoms with Gasteiger partial charge in [0.05, 0.1) is 11.7 Å². The Kier molecular flexibility index (Phi) is 6.36. The third kappa shape index (κ3) is 4.07. The molecule has 0 radical (unpaired) electrons.